The zero-order valence-corrected chi connectivity index (χ0v) is 23.1. The van der Waals surface area contributed by atoms with E-state index in [0.717, 1.165) is 17.0 Å². The molecular formula is C31H24Cl2FNO5. The van der Waals surface area contributed by atoms with Gasteiger partial charge in [0.2, 0.25) is 11.8 Å². The zero-order valence-electron chi connectivity index (χ0n) is 21.6. The summed E-state index contributed by atoms with van der Waals surface area (Å²) in [5.74, 6) is -5.83. The Hall–Kier alpha value is -3.55. The molecule has 40 heavy (non-hydrogen) atoms. The maximum Gasteiger partial charge on any atom is 0.330 e. The molecule has 9 heteroatoms. The number of imide groups is 1. The number of halogens is 3. The van der Waals surface area contributed by atoms with Crippen molar-refractivity contribution in [1.82, 2.24) is 4.90 Å². The topological polar surface area (TPSA) is 80.8 Å². The first-order valence-corrected chi connectivity index (χ1v) is 13.7. The maximum atomic E-state index is 14.2. The fourth-order valence-corrected chi connectivity index (χ4v) is 7.68. The summed E-state index contributed by atoms with van der Waals surface area (Å²) < 4.78 is 18.6. The molecule has 3 aromatic carbocycles. The van der Waals surface area contributed by atoms with Crippen LogP contribution in [0.2, 0.25) is 0 Å². The summed E-state index contributed by atoms with van der Waals surface area (Å²) in [6.07, 6.45) is 0. The number of Topliss-reactive ketones (excluding diaryl/α,β-unsaturated/α-hetero) is 1. The predicted octanol–water partition coefficient (Wildman–Crippen LogP) is 5.17. The third-order valence-corrected chi connectivity index (χ3v) is 9.57. The molecule has 2 bridgehead atoms. The standard InChI is InChI=1S/C31H24Cl2FNO5/c1-16(2)26(29(39)40-15-23(36)17-11-13-18(34)14-12-17)35-27(37)24-25(28(35)38)31(33)20-8-4-3-7-19(20)30(24,32)21-9-5-6-10-22(21)31/h3-14,16,24-26H,15H2,1-2H3/t24-,25-,26-,30?,31?/m0/s1. The molecule has 1 fully saturated rings. The minimum atomic E-state index is -1.38. The van der Waals surface area contributed by atoms with Crippen LogP contribution in [0.15, 0.2) is 72.8 Å². The molecule has 0 unspecified atom stereocenters. The number of esters is 1. The van der Waals surface area contributed by atoms with Gasteiger partial charge in [0.25, 0.3) is 0 Å². The number of amides is 2. The van der Waals surface area contributed by atoms with E-state index in [1.165, 1.54) is 12.1 Å². The molecule has 1 saturated heterocycles. The van der Waals surface area contributed by atoms with Crippen molar-refractivity contribution in [2.45, 2.75) is 29.6 Å². The van der Waals surface area contributed by atoms with E-state index >= 15 is 0 Å². The molecule has 0 spiro atoms. The Morgan fingerprint density at radius 2 is 1.25 bits per heavy atom. The molecule has 3 aromatic rings. The number of likely N-dealkylation sites (tertiary alicyclic amines) is 1. The van der Waals surface area contributed by atoms with Crippen LogP contribution in [0.1, 0.15) is 46.5 Å². The number of carbonyl (C=O) groups is 4. The van der Waals surface area contributed by atoms with Crippen molar-refractivity contribution in [3.05, 3.63) is 106 Å². The SMILES string of the molecule is CC(C)[C@@H](C(=O)OCC(=O)c1ccc(F)cc1)N1C(=O)[C@@H]2[C@@H](C1=O)C1(Cl)c3ccccc3C2(Cl)c2ccccc21. The number of hydrogen-bond donors (Lipinski definition) is 0. The van der Waals surface area contributed by atoms with E-state index in [1.807, 2.05) is 48.5 Å². The number of ketones is 1. The Morgan fingerprint density at radius 3 is 1.65 bits per heavy atom. The molecule has 0 N–H and O–H groups in total. The van der Waals surface area contributed by atoms with Gasteiger partial charge >= 0.3 is 5.97 Å². The quantitative estimate of drug-likeness (QED) is 0.174. The van der Waals surface area contributed by atoms with Gasteiger partial charge < -0.3 is 4.74 Å². The number of ether oxygens (including phenoxy) is 1. The van der Waals surface area contributed by atoms with E-state index in [9.17, 15) is 23.6 Å². The number of hydrogen-bond acceptors (Lipinski definition) is 5. The van der Waals surface area contributed by atoms with Gasteiger partial charge in [0.05, 0.1) is 11.8 Å². The van der Waals surface area contributed by atoms with E-state index in [2.05, 4.69) is 0 Å². The molecule has 204 valence electrons. The minimum Gasteiger partial charge on any atom is -0.456 e. The Balaban J connectivity index is 1.37. The van der Waals surface area contributed by atoms with Crippen molar-refractivity contribution >= 4 is 46.8 Å². The van der Waals surface area contributed by atoms with E-state index in [4.69, 9.17) is 27.9 Å². The van der Waals surface area contributed by atoms with Crippen LogP contribution in [0.5, 0.6) is 0 Å². The van der Waals surface area contributed by atoms with Gasteiger partial charge in [-0.25, -0.2) is 9.18 Å². The summed E-state index contributed by atoms with van der Waals surface area (Å²) in [4.78, 5) is 52.5. The van der Waals surface area contributed by atoms with Gasteiger partial charge in [0.15, 0.2) is 12.4 Å². The van der Waals surface area contributed by atoms with Crippen LogP contribution >= 0.6 is 23.2 Å². The molecule has 2 amide bonds. The normalized spacial score (nSPS) is 26.8. The molecule has 0 radical (unpaired) electrons. The van der Waals surface area contributed by atoms with E-state index in [1.54, 1.807) is 13.8 Å². The van der Waals surface area contributed by atoms with Crippen LogP contribution in [-0.2, 0) is 28.9 Å². The summed E-state index contributed by atoms with van der Waals surface area (Å²) in [7, 11) is 0. The Kier molecular flexibility index (Phi) is 6.16. The highest BCUT2D eigenvalue weighted by Crippen LogP contribution is 2.69. The highest BCUT2D eigenvalue weighted by atomic mass is 35.5. The number of rotatable bonds is 6. The molecule has 1 heterocycles. The first-order chi connectivity index (χ1) is 19.0. The minimum absolute atomic E-state index is 0.162. The van der Waals surface area contributed by atoms with E-state index in [-0.39, 0.29) is 5.56 Å². The molecule has 0 aromatic heterocycles. The summed E-state index contributed by atoms with van der Waals surface area (Å²) in [5, 5.41) is 0. The molecule has 6 nitrogen and oxygen atoms in total. The molecule has 3 aliphatic carbocycles. The van der Waals surface area contributed by atoms with Crippen molar-refractivity contribution in [1.29, 1.82) is 0 Å². The molecule has 1 aliphatic heterocycles. The van der Waals surface area contributed by atoms with Crippen molar-refractivity contribution in [2.75, 3.05) is 6.61 Å². The van der Waals surface area contributed by atoms with Gasteiger partial charge in [-0.2, -0.15) is 0 Å². The average Bonchev–Trinajstić information content (AvgIpc) is 3.21. The maximum absolute atomic E-state index is 14.2. The number of benzene rings is 3. The summed E-state index contributed by atoms with van der Waals surface area (Å²) in [6.45, 7) is 2.73. The average molecular weight is 580 g/mol. The van der Waals surface area contributed by atoms with E-state index < -0.39 is 69.5 Å². The first kappa shape index (κ1) is 26.7. The second kappa shape index (κ2) is 9.25. The molecule has 4 aliphatic rings. The van der Waals surface area contributed by atoms with Gasteiger partial charge in [-0.05, 0) is 52.4 Å². The Morgan fingerprint density at radius 1 is 0.825 bits per heavy atom. The first-order valence-electron chi connectivity index (χ1n) is 12.9. The third-order valence-electron chi connectivity index (χ3n) is 8.28. The zero-order chi connectivity index (χ0) is 28.6. The van der Waals surface area contributed by atoms with Crippen molar-refractivity contribution in [3.63, 3.8) is 0 Å². The summed E-state index contributed by atoms with van der Waals surface area (Å²) in [5.41, 5.74) is 2.78. The van der Waals surface area contributed by atoms with Gasteiger partial charge in [-0.15, -0.1) is 23.2 Å². The van der Waals surface area contributed by atoms with Crippen molar-refractivity contribution < 1.29 is 28.3 Å². The van der Waals surface area contributed by atoms with Crippen LogP contribution in [0, 0.1) is 23.6 Å². The largest absolute Gasteiger partial charge is 0.456 e. The lowest BCUT2D eigenvalue weighted by Gasteiger charge is -2.54. The second-order valence-electron chi connectivity index (χ2n) is 10.7. The number of alkyl halides is 2. The van der Waals surface area contributed by atoms with Gasteiger partial charge in [0.1, 0.15) is 21.6 Å². The van der Waals surface area contributed by atoms with Gasteiger partial charge in [0, 0.05) is 5.56 Å². The number of nitrogens with zero attached hydrogens (tertiary/aromatic N) is 1. The van der Waals surface area contributed by atoms with Gasteiger partial charge in [-0.3, -0.25) is 19.3 Å². The molecule has 0 saturated carbocycles. The number of carbonyl (C=O) groups excluding carboxylic acids is 4. The lowest BCUT2D eigenvalue weighted by atomic mass is 9.54. The highest BCUT2D eigenvalue weighted by molar-refractivity contribution is 6.36. The lowest BCUT2D eigenvalue weighted by molar-refractivity contribution is -0.160. The van der Waals surface area contributed by atoms with Gasteiger partial charge in [-0.1, -0.05) is 62.4 Å². The molecular weight excluding hydrogens is 556 g/mol. The predicted molar refractivity (Wildman–Crippen MR) is 145 cm³/mol. The lowest BCUT2D eigenvalue weighted by Crippen LogP contribution is -2.57. The van der Waals surface area contributed by atoms with Crippen LogP contribution in [0.4, 0.5) is 4.39 Å². The third kappa shape index (κ3) is 3.47. The Labute approximate surface area is 240 Å². The smallest absolute Gasteiger partial charge is 0.330 e. The van der Waals surface area contributed by atoms with Crippen LogP contribution in [0.25, 0.3) is 0 Å². The molecule has 7 rings (SSSR count). The van der Waals surface area contributed by atoms with Crippen molar-refractivity contribution in [3.8, 4) is 0 Å². The highest BCUT2D eigenvalue weighted by Gasteiger charge is 2.74. The summed E-state index contributed by atoms with van der Waals surface area (Å²) in [6, 6.07) is 18.1. The fourth-order valence-electron chi connectivity index (χ4n) is 6.58. The van der Waals surface area contributed by atoms with Crippen LogP contribution in [0.3, 0.4) is 0 Å². The van der Waals surface area contributed by atoms with E-state index in [0.29, 0.717) is 22.3 Å². The Bertz CT molecular complexity index is 1470. The summed E-state index contributed by atoms with van der Waals surface area (Å²) >= 11 is 14.9. The second-order valence-corrected chi connectivity index (χ2v) is 11.9. The molecule has 3 atom stereocenters. The fraction of sp³-hybridized carbons (Fsp3) is 0.290. The van der Waals surface area contributed by atoms with Crippen molar-refractivity contribution in [2.24, 2.45) is 17.8 Å². The van der Waals surface area contributed by atoms with Crippen LogP contribution in [-0.4, -0.2) is 41.1 Å². The van der Waals surface area contributed by atoms with Crippen LogP contribution < -0.4 is 0 Å². The monoisotopic (exact) mass is 579 g/mol.